The van der Waals surface area contributed by atoms with E-state index < -0.39 is 0 Å². The van der Waals surface area contributed by atoms with Crippen LogP contribution >= 0.6 is 34.4 Å². The highest BCUT2D eigenvalue weighted by molar-refractivity contribution is 7.98. The summed E-state index contributed by atoms with van der Waals surface area (Å²) in [6, 6.07) is 11.3. The molecule has 0 bridgehead atoms. The highest BCUT2D eigenvalue weighted by Crippen LogP contribution is 2.34. The third-order valence-electron chi connectivity index (χ3n) is 4.76. The molecule has 1 N–H and O–H groups in total. The zero-order chi connectivity index (χ0) is 20.7. The van der Waals surface area contributed by atoms with E-state index in [-0.39, 0.29) is 11.1 Å². The minimum absolute atomic E-state index is 0.0328. The second-order valence-corrected chi connectivity index (χ2v) is 9.32. The van der Waals surface area contributed by atoms with Gasteiger partial charge in [0.25, 0.3) is 11.1 Å². The summed E-state index contributed by atoms with van der Waals surface area (Å²) in [5.41, 5.74) is 1.41. The Kier molecular flexibility index (Phi) is 5.01. The van der Waals surface area contributed by atoms with Crippen LogP contribution in [0.2, 0.25) is 0 Å². The van der Waals surface area contributed by atoms with Crippen molar-refractivity contribution in [1.29, 1.82) is 0 Å². The smallest absolute Gasteiger partial charge is 0.263 e. The lowest BCUT2D eigenvalue weighted by molar-refractivity contribution is 0.635. The van der Waals surface area contributed by atoms with E-state index in [1.54, 1.807) is 22.0 Å². The summed E-state index contributed by atoms with van der Waals surface area (Å²) in [5.74, 6) is 0.979. The van der Waals surface area contributed by atoms with Gasteiger partial charge in [-0.2, -0.15) is 0 Å². The number of nitrogens with zero attached hydrogens (tertiary/aromatic N) is 3. The molecule has 0 saturated carbocycles. The fourth-order valence-electron chi connectivity index (χ4n) is 3.34. The maximum atomic E-state index is 13.2. The predicted octanol–water partition coefficient (Wildman–Crippen LogP) is 4.74. The van der Waals surface area contributed by atoms with Crippen LogP contribution in [0.5, 0.6) is 0 Å². The molecular weight excluding hydrogens is 436 g/mol. The first-order valence-electron chi connectivity index (χ1n) is 9.32. The lowest BCUT2D eigenvalue weighted by Gasteiger charge is -2.10. The summed E-state index contributed by atoms with van der Waals surface area (Å²) in [5, 5.41) is 5.88. The molecule has 5 aromatic rings. The molecule has 0 aliphatic heterocycles. The molecule has 1 aromatic carbocycles. The van der Waals surface area contributed by atoms with Gasteiger partial charge in [0.2, 0.25) is 0 Å². The molecule has 0 fully saturated rings. The number of nitrogens with one attached hydrogen (secondary N) is 1. The first-order valence-corrected chi connectivity index (χ1v) is 12.1. The predicted molar refractivity (Wildman–Crippen MR) is 125 cm³/mol. The van der Waals surface area contributed by atoms with Gasteiger partial charge in [-0.1, -0.05) is 30.0 Å². The molecule has 0 saturated heterocycles. The monoisotopic (exact) mass is 452 g/mol. The van der Waals surface area contributed by atoms with E-state index in [1.807, 2.05) is 48.0 Å². The van der Waals surface area contributed by atoms with Crippen LogP contribution in [-0.2, 0) is 12.3 Å². The van der Waals surface area contributed by atoms with Gasteiger partial charge in [0.1, 0.15) is 10.7 Å². The molecule has 0 aliphatic rings. The van der Waals surface area contributed by atoms with Crippen LogP contribution in [0.1, 0.15) is 12.7 Å². The molecule has 9 heteroatoms. The van der Waals surface area contributed by atoms with Gasteiger partial charge in [-0.25, -0.2) is 9.97 Å². The first kappa shape index (κ1) is 19.2. The summed E-state index contributed by atoms with van der Waals surface area (Å²) in [7, 11) is 0. The number of benzene rings is 1. The van der Waals surface area contributed by atoms with Crippen LogP contribution in [0.15, 0.2) is 61.9 Å². The molecule has 4 aromatic heterocycles. The minimum Gasteiger partial charge on any atom is -0.309 e. The van der Waals surface area contributed by atoms with Gasteiger partial charge in [-0.05, 0) is 30.5 Å². The number of hydrogen-bond donors (Lipinski definition) is 1. The van der Waals surface area contributed by atoms with Gasteiger partial charge in [0.05, 0.1) is 22.0 Å². The number of thioether (sulfide) groups is 1. The normalized spacial score (nSPS) is 11.5. The second kappa shape index (κ2) is 7.82. The Balaban J connectivity index is 1.54. The van der Waals surface area contributed by atoms with Crippen LogP contribution in [0, 0.1) is 0 Å². The van der Waals surface area contributed by atoms with Crippen LogP contribution < -0.4 is 11.1 Å². The largest absolute Gasteiger partial charge is 0.309 e. The van der Waals surface area contributed by atoms with Crippen LogP contribution in [0.3, 0.4) is 0 Å². The van der Waals surface area contributed by atoms with Crippen LogP contribution in [-0.4, -0.2) is 19.5 Å². The maximum Gasteiger partial charge on any atom is 0.263 e. The topological polar surface area (TPSA) is 80.6 Å². The van der Waals surface area contributed by atoms with Crippen molar-refractivity contribution in [2.24, 2.45) is 0 Å². The third-order valence-corrected chi connectivity index (χ3v) is 7.52. The number of H-pyrrole nitrogens is 1. The molecule has 6 nitrogen and oxygen atoms in total. The first-order chi connectivity index (χ1) is 14.7. The van der Waals surface area contributed by atoms with E-state index in [9.17, 15) is 9.59 Å². The van der Waals surface area contributed by atoms with Gasteiger partial charge in [-0.3, -0.25) is 14.2 Å². The van der Waals surface area contributed by atoms with Gasteiger partial charge in [-0.15, -0.1) is 22.7 Å². The van der Waals surface area contributed by atoms with Crippen molar-refractivity contribution in [3.05, 3.63) is 73.7 Å². The Morgan fingerprint density at radius 1 is 1.10 bits per heavy atom. The van der Waals surface area contributed by atoms with Crippen molar-refractivity contribution >= 4 is 55.6 Å². The number of thiophene rings is 2. The Bertz CT molecular complexity index is 1480. The van der Waals surface area contributed by atoms with Crippen molar-refractivity contribution in [2.45, 2.75) is 24.4 Å². The number of para-hydroxylation sites is 1. The average Bonchev–Trinajstić information content (AvgIpc) is 3.42. The van der Waals surface area contributed by atoms with Crippen LogP contribution in [0.4, 0.5) is 0 Å². The van der Waals surface area contributed by atoms with Gasteiger partial charge < -0.3 is 4.98 Å². The Hall–Kier alpha value is -2.75. The summed E-state index contributed by atoms with van der Waals surface area (Å²) in [6.07, 6.45) is 0. The van der Waals surface area contributed by atoms with Crippen molar-refractivity contribution < 1.29 is 0 Å². The summed E-state index contributed by atoms with van der Waals surface area (Å²) >= 11 is 4.50. The molecule has 30 heavy (non-hydrogen) atoms. The molecule has 0 atom stereocenters. The number of aromatic nitrogens is 4. The van der Waals surface area contributed by atoms with E-state index in [2.05, 4.69) is 9.97 Å². The maximum absolute atomic E-state index is 13.2. The Morgan fingerprint density at radius 3 is 2.77 bits per heavy atom. The van der Waals surface area contributed by atoms with Crippen molar-refractivity contribution in [2.75, 3.05) is 0 Å². The fourth-order valence-corrected chi connectivity index (χ4v) is 6.08. The lowest BCUT2D eigenvalue weighted by atomic mass is 10.2. The number of fused-ring (bicyclic) bond motifs is 2. The van der Waals surface area contributed by atoms with Crippen LogP contribution in [0.25, 0.3) is 31.6 Å². The van der Waals surface area contributed by atoms with Gasteiger partial charge in [0, 0.05) is 22.4 Å². The minimum atomic E-state index is -0.161. The molecule has 5 rings (SSSR count). The quantitative estimate of drug-likeness (QED) is 0.308. The fraction of sp³-hybridized carbons (Fsp3) is 0.143. The molecule has 0 unspecified atom stereocenters. The van der Waals surface area contributed by atoms with Gasteiger partial charge >= 0.3 is 0 Å². The number of aromatic amines is 1. The summed E-state index contributed by atoms with van der Waals surface area (Å²) in [6.45, 7) is 2.46. The molecule has 150 valence electrons. The molecule has 0 aliphatic carbocycles. The number of rotatable bonds is 5. The van der Waals surface area contributed by atoms with E-state index >= 15 is 0 Å². The van der Waals surface area contributed by atoms with E-state index in [4.69, 9.17) is 4.98 Å². The number of hydrogen-bond acceptors (Lipinski definition) is 7. The molecule has 0 spiro atoms. The van der Waals surface area contributed by atoms with E-state index in [1.165, 1.54) is 23.1 Å². The molecule has 0 amide bonds. The third kappa shape index (κ3) is 3.28. The highest BCUT2D eigenvalue weighted by atomic mass is 32.2. The zero-order valence-electron chi connectivity index (χ0n) is 15.9. The Morgan fingerprint density at radius 2 is 1.97 bits per heavy atom. The Labute approximate surface area is 183 Å². The highest BCUT2D eigenvalue weighted by Gasteiger charge is 2.17. The average molecular weight is 453 g/mol. The zero-order valence-corrected chi connectivity index (χ0v) is 18.4. The SMILES string of the molecule is CCn1c(SCc2nc3ccccc3c(=O)[nH]2)nc2scc(-c3cccs3)c2c1=O. The summed E-state index contributed by atoms with van der Waals surface area (Å²) < 4.78 is 1.69. The molecule has 4 heterocycles. The second-order valence-electron chi connectivity index (χ2n) is 6.57. The van der Waals surface area contributed by atoms with Crippen molar-refractivity contribution in [3.63, 3.8) is 0 Å². The van der Waals surface area contributed by atoms with Crippen molar-refractivity contribution in [3.8, 4) is 10.4 Å². The standard InChI is InChI=1S/C21H16N4O2S3/c1-2-25-20(27)17-13(15-8-5-9-28-15)10-29-19(17)24-21(25)30-11-16-22-14-7-4-3-6-12(14)18(26)23-16/h3-10H,2,11H2,1H3,(H,22,23,26). The lowest BCUT2D eigenvalue weighted by Crippen LogP contribution is -2.22. The summed E-state index contributed by atoms with van der Waals surface area (Å²) in [4.78, 5) is 39.5. The van der Waals surface area contributed by atoms with E-state index in [0.717, 1.165) is 15.3 Å². The molecular formula is C21H16N4O2S3. The van der Waals surface area contributed by atoms with E-state index in [0.29, 0.717) is 39.6 Å². The van der Waals surface area contributed by atoms with Gasteiger partial charge in [0.15, 0.2) is 5.16 Å². The van der Waals surface area contributed by atoms with Crippen molar-refractivity contribution in [1.82, 2.24) is 19.5 Å². The molecule has 0 radical (unpaired) electrons.